The first kappa shape index (κ1) is 15.4. The van der Waals surface area contributed by atoms with E-state index in [1.54, 1.807) is 4.68 Å². The molecule has 2 N–H and O–H groups in total. The zero-order valence-corrected chi connectivity index (χ0v) is 13.0. The van der Waals surface area contributed by atoms with Crippen molar-refractivity contribution in [3.63, 3.8) is 0 Å². The number of nitrogens with zero attached hydrogens (tertiary/aromatic N) is 2. The van der Waals surface area contributed by atoms with Gasteiger partial charge in [-0.25, -0.2) is 4.68 Å². The van der Waals surface area contributed by atoms with Crippen molar-refractivity contribution in [1.82, 2.24) is 9.78 Å². The van der Waals surface area contributed by atoms with Crippen molar-refractivity contribution in [2.75, 3.05) is 0 Å². The molecule has 0 aliphatic rings. The number of hydrogen-bond donors (Lipinski definition) is 1. The topological polar surface area (TPSA) is 60.9 Å². The van der Waals surface area contributed by atoms with Crippen LogP contribution >= 0.6 is 0 Å². The molecule has 2 rings (SSSR count). The van der Waals surface area contributed by atoms with Gasteiger partial charge < -0.3 is 5.73 Å². The Morgan fingerprint density at radius 2 is 2.00 bits per heavy atom. The van der Waals surface area contributed by atoms with Crippen LogP contribution in [0, 0.1) is 13.8 Å². The van der Waals surface area contributed by atoms with E-state index in [0.717, 1.165) is 29.7 Å². The number of benzene rings is 1. The molecule has 0 saturated heterocycles. The highest BCUT2D eigenvalue weighted by molar-refractivity contribution is 5.64. The molecular weight excluding hydrogens is 262 g/mol. The van der Waals surface area contributed by atoms with Crippen LogP contribution in [-0.2, 0) is 13.1 Å². The summed E-state index contributed by atoms with van der Waals surface area (Å²) in [5.74, 6) is 0. The smallest absolute Gasteiger partial charge is 0.271 e. The summed E-state index contributed by atoms with van der Waals surface area (Å²) in [6, 6.07) is 8.07. The van der Waals surface area contributed by atoms with Crippen LogP contribution in [0.1, 0.15) is 36.5 Å². The molecule has 21 heavy (non-hydrogen) atoms. The number of hydrogen-bond acceptors (Lipinski definition) is 3. The standard InChI is InChI=1S/C17H23N3O/c1-4-5-8-20-17(21)14(11-18)10-16(19-20)15-7-6-12(2)9-13(15)3/h6-7,9-10H,4-5,8,11,18H2,1-3H3. The SMILES string of the molecule is CCCCn1nc(-c2ccc(C)cc2C)cc(CN)c1=O. The molecule has 0 atom stereocenters. The molecule has 0 bridgehead atoms. The Kier molecular flexibility index (Phi) is 4.91. The van der Waals surface area contributed by atoms with E-state index in [0.29, 0.717) is 12.1 Å². The second-order valence-corrected chi connectivity index (χ2v) is 5.46. The zero-order chi connectivity index (χ0) is 15.4. The van der Waals surface area contributed by atoms with Gasteiger partial charge in [0.05, 0.1) is 5.69 Å². The lowest BCUT2D eigenvalue weighted by molar-refractivity contribution is 0.540. The first-order valence-corrected chi connectivity index (χ1v) is 7.45. The summed E-state index contributed by atoms with van der Waals surface area (Å²) in [6.45, 7) is 7.11. The Hall–Kier alpha value is -1.94. The van der Waals surface area contributed by atoms with E-state index in [1.165, 1.54) is 5.56 Å². The third kappa shape index (κ3) is 3.39. The minimum absolute atomic E-state index is 0.0699. The molecule has 0 spiro atoms. The molecule has 4 heteroatoms. The number of rotatable bonds is 5. The van der Waals surface area contributed by atoms with Gasteiger partial charge in [0.2, 0.25) is 0 Å². The van der Waals surface area contributed by atoms with Gasteiger partial charge in [0.25, 0.3) is 5.56 Å². The van der Waals surface area contributed by atoms with Crippen molar-refractivity contribution in [2.24, 2.45) is 5.73 Å². The van der Waals surface area contributed by atoms with E-state index >= 15 is 0 Å². The van der Waals surface area contributed by atoms with Crippen molar-refractivity contribution in [3.8, 4) is 11.3 Å². The van der Waals surface area contributed by atoms with Crippen molar-refractivity contribution in [1.29, 1.82) is 0 Å². The third-order valence-electron chi connectivity index (χ3n) is 3.65. The van der Waals surface area contributed by atoms with Crippen molar-refractivity contribution in [2.45, 2.75) is 46.7 Å². The Morgan fingerprint density at radius 1 is 1.24 bits per heavy atom. The van der Waals surface area contributed by atoms with Gasteiger partial charge in [-0.15, -0.1) is 0 Å². The molecule has 1 aromatic carbocycles. The quantitative estimate of drug-likeness (QED) is 0.919. The lowest BCUT2D eigenvalue weighted by Gasteiger charge is -2.11. The highest BCUT2D eigenvalue weighted by atomic mass is 16.1. The lowest BCUT2D eigenvalue weighted by Crippen LogP contribution is -2.28. The normalized spacial score (nSPS) is 10.9. The van der Waals surface area contributed by atoms with Gasteiger partial charge in [-0.2, -0.15) is 5.10 Å². The molecule has 2 aromatic rings. The Balaban J connectivity index is 2.55. The minimum Gasteiger partial charge on any atom is -0.326 e. The molecule has 1 aromatic heterocycles. The summed E-state index contributed by atoms with van der Waals surface area (Å²) in [5.41, 5.74) is 10.5. The molecule has 0 aliphatic heterocycles. The fraction of sp³-hybridized carbons (Fsp3) is 0.412. The van der Waals surface area contributed by atoms with Crippen LogP contribution < -0.4 is 11.3 Å². The third-order valence-corrected chi connectivity index (χ3v) is 3.65. The minimum atomic E-state index is -0.0699. The van der Waals surface area contributed by atoms with Crippen LogP contribution in [0.25, 0.3) is 11.3 Å². The van der Waals surface area contributed by atoms with Gasteiger partial charge in [0.1, 0.15) is 0 Å². The average Bonchev–Trinajstić information content (AvgIpc) is 2.46. The van der Waals surface area contributed by atoms with Crippen LogP contribution in [0.4, 0.5) is 0 Å². The monoisotopic (exact) mass is 285 g/mol. The maximum atomic E-state index is 12.2. The molecule has 112 valence electrons. The molecule has 1 heterocycles. The average molecular weight is 285 g/mol. The van der Waals surface area contributed by atoms with E-state index < -0.39 is 0 Å². The molecule has 0 fully saturated rings. The van der Waals surface area contributed by atoms with E-state index in [4.69, 9.17) is 5.73 Å². The summed E-state index contributed by atoms with van der Waals surface area (Å²) < 4.78 is 1.56. The van der Waals surface area contributed by atoms with Crippen LogP contribution in [0.3, 0.4) is 0 Å². The fourth-order valence-corrected chi connectivity index (χ4v) is 2.44. The first-order valence-electron chi connectivity index (χ1n) is 7.45. The maximum absolute atomic E-state index is 12.2. The highest BCUT2D eigenvalue weighted by Crippen LogP contribution is 2.22. The summed E-state index contributed by atoms with van der Waals surface area (Å²) in [4.78, 5) is 12.2. The number of aromatic nitrogens is 2. The Labute approximate surface area is 125 Å². The number of nitrogens with two attached hydrogens (primary N) is 1. The van der Waals surface area contributed by atoms with E-state index in [-0.39, 0.29) is 12.1 Å². The van der Waals surface area contributed by atoms with Gasteiger partial charge in [-0.3, -0.25) is 4.79 Å². The van der Waals surface area contributed by atoms with Crippen LogP contribution in [0.2, 0.25) is 0 Å². The Morgan fingerprint density at radius 3 is 2.62 bits per heavy atom. The predicted molar refractivity (Wildman–Crippen MR) is 86.2 cm³/mol. The molecule has 0 aliphatic carbocycles. The van der Waals surface area contributed by atoms with Crippen LogP contribution in [0.5, 0.6) is 0 Å². The van der Waals surface area contributed by atoms with E-state index in [9.17, 15) is 4.79 Å². The lowest BCUT2D eigenvalue weighted by atomic mass is 10.0. The molecule has 0 radical (unpaired) electrons. The summed E-state index contributed by atoms with van der Waals surface area (Å²) >= 11 is 0. The first-order chi connectivity index (χ1) is 10.1. The largest absolute Gasteiger partial charge is 0.326 e. The van der Waals surface area contributed by atoms with Crippen LogP contribution in [0.15, 0.2) is 29.1 Å². The van der Waals surface area contributed by atoms with Crippen molar-refractivity contribution < 1.29 is 0 Å². The maximum Gasteiger partial charge on any atom is 0.271 e. The zero-order valence-electron chi connectivity index (χ0n) is 13.0. The van der Waals surface area contributed by atoms with Gasteiger partial charge in [0.15, 0.2) is 0 Å². The predicted octanol–water partition coefficient (Wildman–Crippen LogP) is 2.79. The molecule has 4 nitrogen and oxygen atoms in total. The molecular formula is C17H23N3O. The Bertz CT molecular complexity index is 689. The number of unbranched alkanes of at least 4 members (excludes halogenated alkanes) is 1. The summed E-state index contributed by atoms with van der Waals surface area (Å²) in [5, 5.41) is 4.53. The molecule has 0 amide bonds. The van der Waals surface area contributed by atoms with Gasteiger partial charge in [-0.1, -0.05) is 37.1 Å². The van der Waals surface area contributed by atoms with Crippen LogP contribution in [-0.4, -0.2) is 9.78 Å². The van der Waals surface area contributed by atoms with Crippen molar-refractivity contribution >= 4 is 0 Å². The molecule has 0 unspecified atom stereocenters. The highest BCUT2D eigenvalue weighted by Gasteiger charge is 2.10. The van der Waals surface area contributed by atoms with Gasteiger partial charge in [0, 0.05) is 24.2 Å². The van der Waals surface area contributed by atoms with E-state index in [2.05, 4.69) is 44.1 Å². The van der Waals surface area contributed by atoms with Gasteiger partial charge >= 0.3 is 0 Å². The summed E-state index contributed by atoms with van der Waals surface area (Å²) in [6.07, 6.45) is 1.97. The fourth-order valence-electron chi connectivity index (χ4n) is 2.44. The second-order valence-electron chi connectivity index (χ2n) is 5.46. The molecule has 0 saturated carbocycles. The number of aryl methyl sites for hydroxylation is 3. The van der Waals surface area contributed by atoms with E-state index in [1.807, 2.05) is 6.07 Å². The second kappa shape index (κ2) is 6.68. The van der Waals surface area contributed by atoms with Gasteiger partial charge in [-0.05, 0) is 31.9 Å². The summed E-state index contributed by atoms with van der Waals surface area (Å²) in [7, 11) is 0. The van der Waals surface area contributed by atoms with Crippen molar-refractivity contribution in [3.05, 3.63) is 51.3 Å².